The van der Waals surface area contributed by atoms with Crippen LogP contribution in [0.25, 0.3) is 6.08 Å². The van der Waals surface area contributed by atoms with E-state index in [1.54, 1.807) is 12.1 Å². The third-order valence-electron chi connectivity index (χ3n) is 3.08. The molecule has 0 spiro atoms. The molecule has 0 N–H and O–H groups in total. The molecular weight excluding hydrogens is 290 g/mol. The highest BCUT2D eigenvalue weighted by atomic mass is 19.1. The van der Waals surface area contributed by atoms with Crippen LogP contribution in [0, 0.1) is 11.6 Å². The van der Waals surface area contributed by atoms with Crippen molar-refractivity contribution in [3.05, 3.63) is 65.2 Å². The van der Waals surface area contributed by atoms with Gasteiger partial charge in [0.05, 0.1) is 19.8 Å². The molecule has 22 heavy (non-hydrogen) atoms. The zero-order valence-electron chi connectivity index (χ0n) is 12.1. The fourth-order valence-corrected chi connectivity index (χ4v) is 1.92. The summed E-state index contributed by atoms with van der Waals surface area (Å²) in [4.78, 5) is 12.2. The van der Waals surface area contributed by atoms with E-state index >= 15 is 0 Å². The molecule has 0 bridgehead atoms. The van der Waals surface area contributed by atoms with E-state index in [2.05, 4.69) is 0 Å². The zero-order valence-corrected chi connectivity index (χ0v) is 12.1. The van der Waals surface area contributed by atoms with E-state index in [4.69, 9.17) is 9.47 Å². The van der Waals surface area contributed by atoms with Crippen molar-refractivity contribution in [2.45, 2.75) is 0 Å². The highest BCUT2D eigenvalue weighted by molar-refractivity contribution is 6.08. The van der Waals surface area contributed by atoms with Crippen molar-refractivity contribution >= 4 is 11.9 Å². The molecule has 0 aliphatic heterocycles. The molecule has 0 aliphatic carbocycles. The first-order valence-electron chi connectivity index (χ1n) is 6.45. The molecule has 5 heteroatoms. The standard InChI is InChI=1S/C17H14F2O3/c1-21-11-6-7-13(17(10-11)22-2)16(20)9-8-12-14(18)4-3-5-15(12)19/h3-10H,1-2H3/b9-8+. The largest absolute Gasteiger partial charge is 0.497 e. The van der Waals surface area contributed by atoms with Gasteiger partial charge in [0.15, 0.2) is 5.78 Å². The lowest BCUT2D eigenvalue weighted by atomic mass is 10.1. The van der Waals surface area contributed by atoms with Crippen LogP contribution in [0.1, 0.15) is 15.9 Å². The van der Waals surface area contributed by atoms with Gasteiger partial charge in [-0.05, 0) is 36.4 Å². The number of benzene rings is 2. The van der Waals surface area contributed by atoms with Crippen LogP contribution in [0.5, 0.6) is 11.5 Å². The summed E-state index contributed by atoms with van der Waals surface area (Å²) in [6.45, 7) is 0. The molecule has 0 heterocycles. The SMILES string of the molecule is COc1ccc(C(=O)/C=C/c2c(F)cccc2F)c(OC)c1. The Morgan fingerprint density at radius 2 is 1.73 bits per heavy atom. The third kappa shape index (κ3) is 3.31. The fraction of sp³-hybridized carbons (Fsp3) is 0.118. The van der Waals surface area contributed by atoms with Gasteiger partial charge in [0.2, 0.25) is 0 Å². The van der Waals surface area contributed by atoms with Crippen molar-refractivity contribution in [1.82, 2.24) is 0 Å². The number of carbonyl (C=O) groups excluding carboxylic acids is 1. The number of rotatable bonds is 5. The molecule has 0 aliphatic rings. The van der Waals surface area contributed by atoms with Crippen LogP contribution in [0.3, 0.4) is 0 Å². The summed E-state index contributed by atoms with van der Waals surface area (Å²) in [5, 5.41) is 0. The van der Waals surface area contributed by atoms with Crippen molar-refractivity contribution in [3.8, 4) is 11.5 Å². The predicted molar refractivity (Wildman–Crippen MR) is 79.3 cm³/mol. The van der Waals surface area contributed by atoms with Gasteiger partial charge in [-0.15, -0.1) is 0 Å². The Balaban J connectivity index is 2.31. The van der Waals surface area contributed by atoms with E-state index in [-0.39, 0.29) is 11.1 Å². The highest BCUT2D eigenvalue weighted by Gasteiger charge is 2.12. The molecule has 2 aromatic carbocycles. The van der Waals surface area contributed by atoms with Crippen molar-refractivity contribution in [2.24, 2.45) is 0 Å². The minimum absolute atomic E-state index is 0.261. The van der Waals surface area contributed by atoms with Crippen LogP contribution in [-0.2, 0) is 0 Å². The second-order valence-electron chi connectivity index (χ2n) is 4.40. The number of ketones is 1. The Morgan fingerprint density at radius 3 is 2.32 bits per heavy atom. The van der Waals surface area contributed by atoms with Crippen LogP contribution in [-0.4, -0.2) is 20.0 Å². The van der Waals surface area contributed by atoms with E-state index in [1.807, 2.05) is 0 Å². The minimum Gasteiger partial charge on any atom is -0.497 e. The summed E-state index contributed by atoms with van der Waals surface area (Å²) in [6, 6.07) is 8.21. The van der Waals surface area contributed by atoms with E-state index in [0.717, 1.165) is 24.3 Å². The molecule has 114 valence electrons. The molecule has 0 saturated carbocycles. The molecule has 0 radical (unpaired) electrons. The Morgan fingerprint density at radius 1 is 1.05 bits per heavy atom. The summed E-state index contributed by atoms with van der Waals surface area (Å²) in [5.41, 5.74) is 0.0135. The van der Waals surface area contributed by atoms with Crippen LogP contribution < -0.4 is 9.47 Å². The summed E-state index contributed by atoms with van der Waals surface area (Å²) >= 11 is 0. The molecule has 0 saturated heterocycles. The van der Waals surface area contributed by atoms with Crippen LogP contribution in [0.15, 0.2) is 42.5 Å². The van der Waals surface area contributed by atoms with Gasteiger partial charge in [0, 0.05) is 11.6 Å². The maximum Gasteiger partial charge on any atom is 0.189 e. The average molecular weight is 304 g/mol. The summed E-state index contributed by atoms with van der Waals surface area (Å²) < 4.78 is 37.2. The van der Waals surface area contributed by atoms with Crippen molar-refractivity contribution in [2.75, 3.05) is 14.2 Å². The predicted octanol–water partition coefficient (Wildman–Crippen LogP) is 3.88. The van der Waals surface area contributed by atoms with Crippen molar-refractivity contribution in [3.63, 3.8) is 0 Å². The second-order valence-corrected chi connectivity index (χ2v) is 4.40. The van der Waals surface area contributed by atoms with Gasteiger partial charge in [-0.25, -0.2) is 8.78 Å². The highest BCUT2D eigenvalue weighted by Crippen LogP contribution is 2.25. The molecule has 0 unspecified atom stereocenters. The molecule has 3 nitrogen and oxygen atoms in total. The lowest BCUT2D eigenvalue weighted by Gasteiger charge is -2.08. The minimum atomic E-state index is -0.731. The third-order valence-corrected chi connectivity index (χ3v) is 3.08. The second kappa shape index (κ2) is 6.85. The number of hydrogen-bond donors (Lipinski definition) is 0. The van der Waals surface area contributed by atoms with E-state index in [1.165, 1.54) is 26.4 Å². The first-order chi connectivity index (χ1) is 10.6. The monoisotopic (exact) mass is 304 g/mol. The van der Waals surface area contributed by atoms with Gasteiger partial charge in [0.25, 0.3) is 0 Å². The maximum atomic E-state index is 13.5. The van der Waals surface area contributed by atoms with E-state index < -0.39 is 17.4 Å². The van der Waals surface area contributed by atoms with Gasteiger partial charge < -0.3 is 9.47 Å². The zero-order chi connectivity index (χ0) is 16.1. The van der Waals surface area contributed by atoms with Gasteiger partial charge >= 0.3 is 0 Å². The van der Waals surface area contributed by atoms with Gasteiger partial charge in [-0.3, -0.25) is 4.79 Å². The van der Waals surface area contributed by atoms with Gasteiger partial charge in [-0.1, -0.05) is 6.07 Å². The molecule has 0 amide bonds. The summed E-state index contributed by atoms with van der Waals surface area (Å²) in [6.07, 6.45) is 2.21. The number of carbonyl (C=O) groups is 1. The van der Waals surface area contributed by atoms with Crippen LogP contribution in [0.2, 0.25) is 0 Å². The molecular formula is C17H14F2O3. The van der Waals surface area contributed by atoms with Gasteiger partial charge in [0.1, 0.15) is 23.1 Å². The first-order valence-corrected chi connectivity index (χ1v) is 6.45. The Bertz CT molecular complexity index is 704. The Labute approximate surface area is 126 Å². The molecule has 0 atom stereocenters. The number of halogens is 2. The van der Waals surface area contributed by atoms with Gasteiger partial charge in [-0.2, -0.15) is 0 Å². The lowest BCUT2D eigenvalue weighted by molar-refractivity contribution is 0.104. The molecule has 2 rings (SSSR count). The fourth-order valence-electron chi connectivity index (χ4n) is 1.92. The van der Waals surface area contributed by atoms with Crippen LogP contribution >= 0.6 is 0 Å². The Kier molecular flexibility index (Phi) is 4.88. The Hall–Kier alpha value is -2.69. The molecule has 2 aromatic rings. The normalized spacial score (nSPS) is 10.7. The average Bonchev–Trinajstić information content (AvgIpc) is 2.53. The summed E-state index contributed by atoms with van der Waals surface area (Å²) in [7, 11) is 2.92. The molecule has 0 aromatic heterocycles. The number of methoxy groups -OCH3 is 2. The van der Waals surface area contributed by atoms with E-state index in [9.17, 15) is 13.6 Å². The quantitative estimate of drug-likeness (QED) is 0.621. The maximum absolute atomic E-state index is 13.5. The van der Waals surface area contributed by atoms with Crippen LogP contribution in [0.4, 0.5) is 8.78 Å². The van der Waals surface area contributed by atoms with Crippen molar-refractivity contribution < 1.29 is 23.0 Å². The number of hydrogen-bond acceptors (Lipinski definition) is 3. The first kappa shape index (κ1) is 15.7. The number of allylic oxidation sites excluding steroid dienone is 1. The smallest absolute Gasteiger partial charge is 0.189 e. The summed E-state index contributed by atoms with van der Waals surface area (Å²) in [5.74, 6) is -1.03. The lowest BCUT2D eigenvalue weighted by Crippen LogP contribution is -2.00. The molecule has 0 fully saturated rings. The van der Waals surface area contributed by atoms with Crippen molar-refractivity contribution in [1.29, 1.82) is 0 Å². The van der Waals surface area contributed by atoms with E-state index in [0.29, 0.717) is 11.5 Å². The number of ether oxygens (including phenoxy) is 2. The topological polar surface area (TPSA) is 35.5 Å².